The number of carbonyl (C=O) groups excluding carboxylic acids is 1. The highest BCUT2D eigenvalue weighted by atomic mass is 32.1. The van der Waals surface area contributed by atoms with Crippen LogP contribution in [0, 0.1) is 0 Å². The Kier molecular flexibility index (Phi) is 5.95. The zero-order valence-corrected chi connectivity index (χ0v) is 14.4. The Balaban J connectivity index is 2.24. The number of methoxy groups -OCH3 is 3. The van der Waals surface area contributed by atoms with Crippen LogP contribution in [0.2, 0.25) is 0 Å². The van der Waals surface area contributed by atoms with E-state index in [0.717, 1.165) is 5.56 Å². The molecule has 1 atom stereocenters. The van der Waals surface area contributed by atoms with Crippen molar-refractivity contribution in [3.63, 3.8) is 0 Å². The van der Waals surface area contributed by atoms with E-state index in [1.54, 1.807) is 26.7 Å². The molecule has 2 aromatic rings. The molecule has 0 radical (unpaired) electrons. The number of para-hydroxylation sites is 1. The van der Waals surface area contributed by atoms with Crippen molar-refractivity contribution >= 4 is 17.2 Å². The highest BCUT2D eigenvalue weighted by Crippen LogP contribution is 2.38. The highest BCUT2D eigenvalue weighted by Gasteiger charge is 2.18. The lowest BCUT2D eigenvalue weighted by molar-refractivity contribution is 0.0901. The molecule has 0 aliphatic carbocycles. The van der Waals surface area contributed by atoms with Crippen LogP contribution in [-0.2, 0) is 4.74 Å². The molecule has 1 aromatic carbocycles. The first-order chi connectivity index (χ1) is 11.1. The van der Waals surface area contributed by atoms with Crippen LogP contribution in [0.4, 0.5) is 0 Å². The Morgan fingerprint density at radius 3 is 2.74 bits per heavy atom. The van der Waals surface area contributed by atoms with Gasteiger partial charge in [0.15, 0.2) is 11.5 Å². The highest BCUT2D eigenvalue weighted by molar-refractivity contribution is 7.13. The lowest BCUT2D eigenvalue weighted by atomic mass is 10.2. The first-order valence-electron chi connectivity index (χ1n) is 7.07. The van der Waals surface area contributed by atoms with Crippen LogP contribution in [-0.4, -0.2) is 44.9 Å². The summed E-state index contributed by atoms with van der Waals surface area (Å²) >= 11 is 1.38. The van der Waals surface area contributed by atoms with Gasteiger partial charge in [0.05, 0.1) is 26.4 Å². The second-order valence-electron chi connectivity index (χ2n) is 4.91. The largest absolute Gasteiger partial charge is 0.493 e. The summed E-state index contributed by atoms with van der Waals surface area (Å²) < 4.78 is 15.7. The molecule has 6 nitrogen and oxygen atoms in total. The van der Waals surface area contributed by atoms with Crippen molar-refractivity contribution in [2.24, 2.45) is 0 Å². The number of nitrogens with one attached hydrogen (secondary N) is 1. The van der Waals surface area contributed by atoms with E-state index in [0.29, 0.717) is 28.8 Å². The van der Waals surface area contributed by atoms with Gasteiger partial charge in [-0.1, -0.05) is 6.07 Å². The Labute approximate surface area is 139 Å². The normalized spacial score (nSPS) is 11.8. The van der Waals surface area contributed by atoms with Crippen LogP contribution in [0.1, 0.15) is 17.4 Å². The molecule has 1 heterocycles. The zero-order chi connectivity index (χ0) is 16.8. The predicted molar refractivity (Wildman–Crippen MR) is 89.5 cm³/mol. The fourth-order valence-electron chi connectivity index (χ4n) is 2.15. The zero-order valence-electron chi connectivity index (χ0n) is 13.6. The Morgan fingerprint density at radius 1 is 1.30 bits per heavy atom. The van der Waals surface area contributed by atoms with Crippen molar-refractivity contribution in [2.45, 2.75) is 13.0 Å². The molecule has 124 valence electrons. The van der Waals surface area contributed by atoms with Gasteiger partial charge in [0, 0.05) is 18.5 Å². The second kappa shape index (κ2) is 7.94. The van der Waals surface area contributed by atoms with Gasteiger partial charge in [-0.2, -0.15) is 0 Å². The van der Waals surface area contributed by atoms with Gasteiger partial charge in [-0.05, 0) is 19.1 Å². The summed E-state index contributed by atoms with van der Waals surface area (Å²) in [4.78, 5) is 16.6. The fourth-order valence-corrected chi connectivity index (χ4v) is 2.97. The van der Waals surface area contributed by atoms with E-state index in [-0.39, 0.29) is 11.9 Å². The number of thiazole rings is 1. The van der Waals surface area contributed by atoms with Crippen molar-refractivity contribution in [1.82, 2.24) is 10.3 Å². The maximum Gasteiger partial charge on any atom is 0.271 e. The summed E-state index contributed by atoms with van der Waals surface area (Å²) in [6.07, 6.45) is 0. The summed E-state index contributed by atoms with van der Waals surface area (Å²) in [5, 5.41) is 5.26. The molecule has 0 spiro atoms. The number of hydrogen-bond donors (Lipinski definition) is 1. The molecule has 0 aliphatic rings. The summed E-state index contributed by atoms with van der Waals surface area (Å²) in [5.41, 5.74) is 1.17. The average molecular weight is 336 g/mol. The molecule has 1 unspecified atom stereocenters. The molecule has 2 rings (SSSR count). The smallest absolute Gasteiger partial charge is 0.271 e. The van der Waals surface area contributed by atoms with E-state index in [2.05, 4.69) is 10.3 Å². The van der Waals surface area contributed by atoms with E-state index >= 15 is 0 Å². The third-order valence-corrected chi connectivity index (χ3v) is 4.04. The molecule has 23 heavy (non-hydrogen) atoms. The number of amides is 1. The lowest BCUT2D eigenvalue weighted by Crippen LogP contribution is -2.35. The maximum absolute atomic E-state index is 12.2. The SMILES string of the molecule is COCC(C)NC(=O)c1csc(-c2cccc(OC)c2OC)n1. The first-order valence-corrected chi connectivity index (χ1v) is 7.95. The monoisotopic (exact) mass is 336 g/mol. The lowest BCUT2D eigenvalue weighted by Gasteiger charge is -2.11. The summed E-state index contributed by atoms with van der Waals surface area (Å²) in [6, 6.07) is 5.48. The minimum Gasteiger partial charge on any atom is -0.493 e. The average Bonchev–Trinajstić information content (AvgIpc) is 3.04. The molecule has 0 saturated carbocycles. The van der Waals surface area contributed by atoms with Gasteiger partial charge in [0.25, 0.3) is 5.91 Å². The Morgan fingerprint density at radius 2 is 2.09 bits per heavy atom. The molecule has 7 heteroatoms. The van der Waals surface area contributed by atoms with Crippen molar-refractivity contribution in [3.8, 4) is 22.1 Å². The minimum atomic E-state index is -0.223. The van der Waals surface area contributed by atoms with Gasteiger partial charge >= 0.3 is 0 Å². The molecule has 0 aliphatic heterocycles. The first kappa shape index (κ1) is 17.2. The second-order valence-corrected chi connectivity index (χ2v) is 5.77. The van der Waals surface area contributed by atoms with Crippen molar-refractivity contribution in [1.29, 1.82) is 0 Å². The minimum absolute atomic E-state index is 0.0796. The number of carbonyl (C=O) groups is 1. The predicted octanol–water partition coefficient (Wildman–Crippen LogP) is 2.59. The number of ether oxygens (including phenoxy) is 3. The fraction of sp³-hybridized carbons (Fsp3) is 0.375. The summed E-state index contributed by atoms with van der Waals surface area (Å²) in [7, 11) is 4.76. The van der Waals surface area contributed by atoms with E-state index in [1.165, 1.54) is 11.3 Å². The van der Waals surface area contributed by atoms with Gasteiger partial charge in [-0.25, -0.2) is 4.98 Å². The number of hydrogen-bond acceptors (Lipinski definition) is 6. The number of aromatic nitrogens is 1. The molecule has 0 fully saturated rings. The van der Waals surface area contributed by atoms with Crippen LogP contribution in [0.25, 0.3) is 10.6 Å². The standard InChI is InChI=1S/C16H20N2O4S/c1-10(8-20-2)17-15(19)12-9-23-16(18-12)11-6-5-7-13(21-3)14(11)22-4/h5-7,9-10H,8H2,1-4H3,(H,17,19). The van der Waals surface area contributed by atoms with Crippen LogP contribution in [0.15, 0.2) is 23.6 Å². The van der Waals surface area contributed by atoms with Crippen molar-refractivity contribution < 1.29 is 19.0 Å². The van der Waals surface area contributed by atoms with Crippen molar-refractivity contribution in [3.05, 3.63) is 29.3 Å². The third-order valence-electron chi connectivity index (χ3n) is 3.16. The van der Waals surface area contributed by atoms with Gasteiger partial charge in [0.1, 0.15) is 10.7 Å². The van der Waals surface area contributed by atoms with Gasteiger partial charge < -0.3 is 19.5 Å². The van der Waals surface area contributed by atoms with Crippen LogP contribution in [0.3, 0.4) is 0 Å². The Bertz CT molecular complexity index is 672. The topological polar surface area (TPSA) is 69.7 Å². The van der Waals surface area contributed by atoms with Gasteiger partial charge in [-0.15, -0.1) is 11.3 Å². The molecule has 0 saturated heterocycles. The van der Waals surface area contributed by atoms with Crippen LogP contribution < -0.4 is 14.8 Å². The third kappa shape index (κ3) is 4.00. The quantitative estimate of drug-likeness (QED) is 0.841. The van der Waals surface area contributed by atoms with E-state index in [9.17, 15) is 4.79 Å². The molecule has 1 amide bonds. The molecule has 1 aromatic heterocycles. The molecule has 0 bridgehead atoms. The van der Waals surface area contributed by atoms with Crippen LogP contribution in [0.5, 0.6) is 11.5 Å². The number of benzene rings is 1. The van der Waals surface area contributed by atoms with Crippen LogP contribution >= 0.6 is 11.3 Å². The molecular weight excluding hydrogens is 316 g/mol. The van der Waals surface area contributed by atoms with E-state index in [4.69, 9.17) is 14.2 Å². The number of rotatable bonds is 7. The summed E-state index contributed by atoms with van der Waals surface area (Å²) in [5.74, 6) is 1.00. The van der Waals surface area contributed by atoms with Gasteiger partial charge in [-0.3, -0.25) is 4.79 Å². The maximum atomic E-state index is 12.2. The van der Waals surface area contributed by atoms with Gasteiger partial charge in [0.2, 0.25) is 0 Å². The Hall–Kier alpha value is -2.12. The van der Waals surface area contributed by atoms with E-state index < -0.39 is 0 Å². The van der Waals surface area contributed by atoms with Crippen molar-refractivity contribution in [2.75, 3.05) is 27.9 Å². The molecule has 1 N–H and O–H groups in total. The van der Waals surface area contributed by atoms with E-state index in [1.807, 2.05) is 25.1 Å². The molecular formula is C16H20N2O4S. The number of nitrogens with zero attached hydrogens (tertiary/aromatic N) is 1. The summed E-state index contributed by atoms with van der Waals surface area (Å²) in [6.45, 7) is 2.33.